The Morgan fingerprint density at radius 2 is 1.55 bits per heavy atom. The zero-order valence-electron chi connectivity index (χ0n) is 24.8. The van der Waals surface area contributed by atoms with E-state index >= 15 is 4.39 Å². The molecule has 0 amide bonds. The molecule has 6 aromatic rings. The number of fused-ring (bicyclic) bond motifs is 2. The second kappa shape index (κ2) is 12.4. The largest absolute Gasteiger partial charge is 0.573 e. The molecule has 0 N–H and O–H groups in total. The Hall–Kier alpha value is -4.91. The maximum atomic E-state index is 15.7. The van der Waals surface area contributed by atoms with Crippen molar-refractivity contribution in [2.45, 2.75) is 45.4 Å². The molecule has 4 aromatic heterocycles. The standard InChI is InChI=1S/C33H25ClF6N4O3/c1-19-11-28-41-9-10-43(28)30(12-19)46-24-16-21(25(26(35)17-24)7-8-32(2,36)37)13-20-14-29-42-18-27(34)44(29)31(15-20)45-22-3-5-23(6-4-22)47-33(38,39)40/h3-6,9-12,14-18H,7-8,13H2,1-2H3. The van der Waals surface area contributed by atoms with Crippen molar-refractivity contribution >= 4 is 22.9 Å². The van der Waals surface area contributed by atoms with Crippen molar-refractivity contribution in [3.63, 3.8) is 0 Å². The Morgan fingerprint density at radius 1 is 0.830 bits per heavy atom. The van der Waals surface area contributed by atoms with E-state index in [0.29, 0.717) is 28.3 Å². The number of hydrogen-bond acceptors (Lipinski definition) is 5. The maximum Gasteiger partial charge on any atom is 0.573 e. The minimum Gasteiger partial charge on any atom is -0.440 e. The fourth-order valence-electron chi connectivity index (χ4n) is 5.15. The summed E-state index contributed by atoms with van der Waals surface area (Å²) in [6, 6.07) is 14.4. The Kier molecular flexibility index (Phi) is 8.43. The second-order valence-corrected chi connectivity index (χ2v) is 11.4. The first kappa shape index (κ1) is 32.0. The predicted molar refractivity (Wildman–Crippen MR) is 162 cm³/mol. The number of ether oxygens (including phenoxy) is 3. The Bertz CT molecular complexity index is 2070. The van der Waals surface area contributed by atoms with Crippen LogP contribution in [0.25, 0.3) is 11.3 Å². The molecule has 0 atom stereocenters. The lowest BCUT2D eigenvalue weighted by molar-refractivity contribution is -0.274. The molecule has 0 spiro atoms. The first-order valence-electron chi connectivity index (χ1n) is 14.2. The van der Waals surface area contributed by atoms with Gasteiger partial charge in [0.1, 0.15) is 39.5 Å². The Balaban J connectivity index is 1.37. The van der Waals surface area contributed by atoms with Gasteiger partial charge in [-0.15, -0.1) is 13.2 Å². The SMILES string of the molecule is Cc1cc(Oc2cc(F)c(CCC(C)(F)F)c(Cc3cc(Oc4ccc(OC(F)(F)F)cc4)n4c(Cl)cnc4c3)c2)n2ccnc2c1. The van der Waals surface area contributed by atoms with E-state index in [9.17, 15) is 22.0 Å². The normalized spacial score (nSPS) is 12.2. The number of hydrogen-bond donors (Lipinski definition) is 0. The van der Waals surface area contributed by atoms with Crippen LogP contribution in [-0.4, -0.2) is 31.1 Å². The molecule has 6 rings (SSSR count). The lowest BCUT2D eigenvalue weighted by Gasteiger charge is -2.17. The summed E-state index contributed by atoms with van der Waals surface area (Å²) < 4.78 is 100. The number of rotatable bonds is 10. The summed E-state index contributed by atoms with van der Waals surface area (Å²) in [4.78, 5) is 8.57. The van der Waals surface area contributed by atoms with E-state index in [-0.39, 0.29) is 40.9 Å². The Morgan fingerprint density at radius 3 is 2.28 bits per heavy atom. The zero-order chi connectivity index (χ0) is 33.5. The molecule has 14 heteroatoms. The van der Waals surface area contributed by atoms with Gasteiger partial charge in [0.25, 0.3) is 0 Å². The van der Waals surface area contributed by atoms with E-state index in [0.717, 1.165) is 30.7 Å². The molecule has 244 valence electrons. The van der Waals surface area contributed by atoms with Crippen molar-refractivity contribution in [3.05, 3.63) is 112 Å². The fourth-order valence-corrected chi connectivity index (χ4v) is 5.36. The molecule has 7 nitrogen and oxygen atoms in total. The molecular formula is C33H25ClF6N4O3. The van der Waals surface area contributed by atoms with Crippen LogP contribution >= 0.6 is 11.6 Å². The highest BCUT2D eigenvalue weighted by atomic mass is 35.5. The average molecular weight is 675 g/mol. The summed E-state index contributed by atoms with van der Waals surface area (Å²) >= 11 is 6.36. The third-order valence-electron chi connectivity index (χ3n) is 7.18. The van der Waals surface area contributed by atoms with Gasteiger partial charge in [0.2, 0.25) is 17.7 Å². The van der Waals surface area contributed by atoms with Crippen molar-refractivity contribution in [3.8, 4) is 29.0 Å². The minimum absolute atomic E-state index is 0.0583. The van der Waals surface area contributed by atoms with Gasteiger partial charge in [-0.2, -0.15) is 0 Å². The summed E-state index contributed by atoms with van der Waals surface area (Å²) in [5.41, 5.74) is 2.89. The van der Waals surface area contributed by atoms with Gasteiger partial charge in [0.05, 0.1) is 6.20 Å². The molecule has 0 fully saturated rings. The summed E-state index contributed by atoms with van der Waals surface area (Å²) in [7, 11) is 0. The highest BCUT2D eigenvalue weighted by Gasteiger charge is 2.31. The molecule has 0 saturated heterocycles. The summed E-state index contributed by atoms with van der Waals surface area (Å²) in [5.74, 6) is -3.32. The molecule has 0 aliphatic rings. The lowest BCUT2D eigenvalue weighted by atomic mass is 9.95. The molecule has 4 heterocycles. The predicted octanol–water partition coefficient (Wildman–Crippen LogP) is 9.74. The van der Waals surface area contributed by atoms with Gasteiger partial charge in [0.15, 0.2) is 0 Å². The van der Waals surface area contributed by atoms with Crippen LogP contribution in [-0.2, 0) is 12.8 Å². The monoisotopic (exact) mass is 674 g/mol. The van der Waals surface area contributed by atoms with Crippen molar-refractivity contribution < 1.29 is 40.6 Å². The topological polar surface area (TPSA) is 62.3 Å². The minimum atomic E-state index is -4.85. The number of imidazole rings is 2. The van der Waals surface area contributed by atoms with Gasteiger partial charge in [0, 0.05) is 37.0 Å². The molecule has 2 aromatic carbocycles. The van der Waals surface area contributed by atoms with Gasteiger partial charge < -0.3 is 14.2 Å². The van der Waals surface area contributed by atoms with Crippen LogP contribution in [0.4, 0.5) is 26.3 Å². The molecular weight excluding hydrogens is 650 g/mol. The van der Waals surface area contributed by atoms with Crippen LogP contribution in [0.15, 0.2) is 79.3 Å². The van der Waals surface area contributed by atoms with Crippen LogP contribution in [0.1, 0.15) is 35.6 Å². The molecule has 0 bridgehead atoms. The van der Waals surface area contributed by atoms with Crippen LogP contribution < -0.4 is 14.2 Å². The zero-order valence-corrected chi connectivity index (χ0v) is 25.5. The van der Waals surface area contributed by atoms with E-state index in [4.69, 9.17) is 21.1 Å². The third-order valence-corrected chi connectivity index (χ3v) is 7.44. The number of alkyl halides is 5. The highest BCUT2D eigenvalue weighted by Crippen LogP contribution is 2.34. The van der Waals surface area contributed by atoms with Gasteiger partial charge in [-0.05, 0) is 91.4 Å². The Labute approximate surface area is 268 Å². The van der Waals surface area contributed by atoms with Crippen LogP contribution in [0.3, 0.4) is 0 Å². The van der Waals surface area contributed by atoms with Gasteiger partial charge in [-0.25, -0.2) is 23.1 Å². The molecule has 0 aliphatic heterocycles. The summed E-state index contributed by atoms with van der Waals surface area (Å²) in [5, 5.41) is 0.190. The van der Waals surface area contributed by atoms with Crippen LogP contribution in [0.2, 0.25) is 5.15 Å². The number of halogens is 7. The number of benzene rings is 2. The van der Waals surface area contributed by atoms with E-state index in [1.807, 2.05) is 13.0 Å². The number of aromatic nitrogens is 4. The van der Waals surface area contributed by atoms with Crippen molar-refractivity contribution in [1.29, 1.82) is 0 Å². The fraction of sp³-hybridized carbons (Fsp3) is 0.212. The summed E-state index contributed by atoms with van der Waals surface area (Å²) in [6.45, 7) is 2.64. The van der Waals surface area contributed by atoms with Gasteiger partial charge in [-0.3, -0.25) is 8.80 Å². The smallest absolute Gasteiger partial charge is 0.440 e. The van der Waals surface area contributed by atoms with E-state index in [2.05, 4.69) is 14.7 Å². The highest BCUT2D eigenvalue weighted by molar-refractivity contribution is 6.29. The number of aryl methyl sites for hydroxylation is 1. The molecule has 0 aliphatic carbocycles. The molecule has 0 saturated carbocycles. The first-order valence-corrected chi connectivity index (χ1v) is 14.6. The molecule has 0 unspecified atom stereocenters. The number of pyridine rings is 2. The van der Waals surface area contributed by atoms with E-state index < -0.39 is 30.3 Å². The number of nitrogens with zero attached hydrogens (tertiary/aromatic N) is 4. The van der Waals surface area contributed by atoms with Crippen LogP contribution in [0.5, 0.6) is 29.0 Å². The average Bonchev–Trinajstić information content (AvgIpc) is 3.59. The van der Waals surface area contributed by atoms with Gasteiger partial charge in [-0.1, -0.05) is 11.6 Å². The van der Waals surface area contributed by atoms with E-state index in [1.54, 1.807) is 41.1 Å². The quantitative estimate of drug-likeness (QED) is 0.135. The van der Waals surface area contributed by atoms with Crippen LogP contribution in [0, 0.1) is 12.7 Å². The third kappa shape index (κ3) is 7.57. The van der Waals surface area contributed by atoms with Crippen molar-refractivity contribution in [1.82, 2.24) is 18.8 Å². The molecule has 0 radical (unpaired) electrons. The van der Waals surface area contributed by atoms with Crippen molar-refractivity contribution in [2.24, 2.45) is 0 Å². The second-order valence-electron chi connectivity index (χ2n) is 11.0. The van der Waals surface area contributed by atoms with Gasteiger partial charge >= 0.3 is 6.36 Å². The van der Waals surface area contributed by atoms with Crippen molar-refractivity contribution in [2.75, 3.05) is 0 Å². The van der Waals surface area contributed by atoms with E-state index in [1.165, 1.54) is 22.7 Å². The maximum absolute atomic E-state index is 15.7. The summed E-state index contributed by atoms with van der Waals surface area (Å²) in [6.07, 6.45) is -0.937. The molecule has 47 heavy (non-hydrogen) atoms. The lowest BCUT2D eigenvalue weighted by Crippen LogP contribution is -2.16. The first-order chi connectivity index (χ1) is 22.2.